The molecule has 0 aliphatic rings. The van der Waals surface area contributed by atoms with Gasteiger partial charge in [0.15, 0.2) is 11.8 Å². The molecule has 3 rings (SSSR count). The summed E-state index contributed by atoms with van der Waals surface area (Å²) in [4.78, 5) is 37.7. The first kappa shape index (κ1) is 22.2. The molecule has 0 saturated carbocycles. The summed E-state index contributed by atoms with van der Waals surface area (Å²) in [6, 6.07) is 16.7. The summed E-state index contributed by atoms with van der Waals surface area (Å²) in [6.45, 7) is 5.53. The molecule has 7 nitrogen and oxygen atoms in total. The molecule has 162 valence electrons. The lowest BCUT2D eigenvalue weighted by atomic mass is 10.1. The molecule has 0 bridgehead atoms. The number of hydrogen-bond donors (Lipinski definition) is 1. The van der Waals surface area contributed by atoms with E-state index in [9.17, 15) is 14.4 Å². The van der Waals surface area contributed by atoms with Crippen LogP contribution in [0.5, 0.6) is 0 Å². The van der Waals surface area contributed by atoms with Crippen molar-refractivity contribution in [2.24, 2.45) is 0 Å². The van der Waals surface area contributed by atoms with Crippen LogP contribution < -0.4 is 10.9 Å². The number of aryl methyl sites for hydroxylation is 2. The van der Waals surface area contributed by atoms with Gasteiger partial charge in [0.2, 0.25) is 0 Å². The Morgan fingerprint density at radius 2 is 1.68 bits per heavy atom. The zero-order chi connectivity index (χ0) is 22.4. The summed E-state index contributed by atoms with van der Waals surface area (Å²) in [6.07, 6.45) is 0.615. The fourth-order valence-electron chi connectivity index (χ4n) is 3.33. The van der Waals surface area contributed by atoms with Crippen LogP contribution in [0.25, 0.3) is 10.8 Å². The summed E-state index contributed by atoms with van der Waals surface area (Å²) in [5.41, 5.74) is 0.952. The Labute approximate surface area is 181 Å². The first-order chi connectivity index (χ1) is 14.9. The van der Waals surface area contributed by atoms with Crippen LogP contribution in [0.3, 0.4) is 0 Å². The molecule has 0 fully saturated rings. The van der Waals surface area contributed by atoms with Crippen molar-refractivity contribution in [3.8, 4) is 0 Å². The summed E-state index contributed by atoms with van der Waals surface area (Å²) in [5.74, 6) is -1.11. The number of ether oxygens (including phenoxy) is 1. The molecule has 0 aliphatic heterocycles. The molecule has 0 saturated heterocycles. The Bertz CT molecular complexity index is 1120. The minimum Gasteiger partial charge on any atom is -0.448 e. The number of fused-ring (bicyclic) bond motifs is 1. The maximum atomic E-state index is 12.8. The number of carbonyl (C=O) groups is 2. The van der Waals surface area contributed by atoms with E-state index in [2.05, 4.69) is 10.4 Å². The second kappa shape index (κ2) is 10.0. The van der Waals surface area contributed by atoms with Crippen LogP contribution in [0.4, 0.5) is 0 Å². The Morgan fingerprint density at radius 3 is 2.35 bits per heavy atom. The second-order valence-electron chi connectivity index (χ2n) is 7.50. The number of rotatable bonds is 8. The van der Waals surface area contributed by atoms with Gasteiger partial charge in [-0.1, -0.05) is 48.5 Å². The van der Waals surface area contributed by atoms with Gasteiger partial charge in [-0.2, -0.15) is 5.10 Å². The number of nitrogens with one attached hydrogen (secondary N) is 1. The number of aromatic nitrogens is 2. The molecule has 0 aliphatic carbocycles. The quantitative estimate of drug-likeness (QED) is 0.565. The molecule has 31 heavy (non-hydrogen) atoms. The summed E-state index contributed by atoms with van der Waals surface area (Å²) in [5, 5.41) is 7.83. The monoisotopic (exact) mass is 421 g/mol. The van der Waals surface area contributed by atoms with E-state index in [1.165, 1.54) is 17.2 Å². The molecule has 0 unspecified atom stereocenters. The molecule has 7 heteroatoms. The zero-order valence-corrected chi connectivity index (χ0v) is 18.0. The molecule has 1 amide bonds. The van der Waals surface area contributed by atoms with E-state index < -0.39 is 12.1 Å². The highest BCUT2D eigenvalue weighted by Crippen LogP contribution is 2.15. The molecular formula is C24H27N3O4. The fraction of sp³-hybridized carbons (Fsp3) is 0.333. The molecule has 1 N–H and O–H groups in total. The lowest BCUT2D eigenvalue weighted by Crippen LogP contribution is -2.41. The molecule has 3 aromatic rings. The van der Waals surface area contributed by atoms with Gasteiger partial charge >= 0.3 is 5.97 Å². The predicted molar refractivity (Wildman–Crippen MR) is 119 cm³/mol. The van der Waals surface area contributed by atoms with Crippen LogP contribution in [0.1, 0.15) is 43.2 Å². The van der Waals surface area contributed by atoms with Crippen LogP contribution in [0.2, 0.25) is 0 Å². The van der Waals surface area contributed by atoms with Gasteiger partial charge in [-0.05, 0) is 45.2 Å². The molecule has 1 heterocycles. The van der Waals surface area contributed by atoms with E-state index in [-0.39, 0.29) is 23.2 Å². The zero-order valence-electron chi connectivity index (χ0n) is 18.0. The highest BCUT2D eigenvalue weighted by Gasteiger charge is 2.24. The van der Waals surface area contributed by atoms with Crippen molar-refractivity contribution in [1.82, 2.24) is 15.1 Å². The van der Waals surface area contributed by atoms with Gasteiger partial charge in [-0.15, -0.1) is 0 Å². The molecule has 2 aromatic carbocycles. The lowest BCUT2D eigenvalue weighted by molar-refractivity contribution is -0.129. The lowest BCUT2D eigenvalue weighted by Gasteiger charge is -2.18. The highest BCUT2D eigenvalue weighted by molar-refractivity contribution is 6.02. The van der Waals surface area contributed by atoms with Crippen molar-refractivity contribution < 1.29 is 14.3 Å². The van der Waals surface area contributed by atoms with Crippen molar-refractivity contribution in [3.63, 3.8) is 0 Å². The Kier molecular flexibility index (Phi) is 7.18. The standard InChI is InChI=1S/C24H27N3O4/c1-4-27-23(29)20-13-9-8-12-19(20)21(26-27)24(30)31-17(3)22(28)25-16(2)14-15-18-10-6-5-7-11-18/h5-13,16-17H,4,14-15H2,1-3H3,(H,25,28)/t16-,17-/m0/s1. The first-order valence-electron chi connectivity index (χ1n) is 10.5. The van der Waals surface area contributed by atoms with Crippen molar-refractivity contribution in [2.45, 2.75) is 52.3 Å². The van der Waals surface area contributed by atoms with Crippen LogP contribution in [0, 0.1) is 0 Å². The SMILES string of the molecule is CCn1nc(C(=O)O[C@@H](C)C(=O)N[C@@H](C)CCc2ccccc2)c2ccccc2c1=O. The van der Waals surface area contributed by atoms with Crippen LogP contribution in [0.15, 0.2) is 59.4 Å². The number of benzene rings is 2. The van der Waals surface area contributed by atoms with Gasteiger partial charge in [0, 0.05) is 18.0 Å². The molecular weight excluding hydrogens is 394 g/mol. The Hall–Kier alpha value is -3.48. The molecule has 0 radical (unpaired) electrons. The fourth-order valence-corrected chi connectivity index (χ4v) is 3.33. The number of nitrogens with zero attached hydrogens (tertiary/aromatic N) is 2. The topological polar surface area (TPSA) is 90.3 Å². The minimum absolute atomic E-state index is 0.0221. The van der Waals surface area contributed by atoms with Gasteiger partial charge in [-0.25, -0.2) is 9.48 Å². The van der Waals surface area contributed by atoms with Gasteiger partial charge < -0.3 is 10.1 Å². The summed E-state index contributed by atoms with van der Waals surface area (Å²) < 4.78 is 6.60. The third-order valence-corrected chi connectivity index (χ3v) is 5.11. The van der Waals surface area contributed by atoms with Gasteiger partial charge in [0.1, 0.15) is 0 Å². The molecule has 0 spiro atoms. The van der Waals surface area contributed by atoms with Crippen molar-refractivity contribution >= 4 is 22.6 Å². The van der Waals surface area contributed by atoms with E-state index in [0.29, 0.717) is 17.3 Å². The Balaban J connectivity index is 1.65. The number of esters is 1. The predicted octanol–water partition coefficient (Wildman–Crippen LogP) is 3.10. The van der Waals surface area contributed by atoms with Crippen LogP contribution in [-0.4, -0.2) is 33.8 Å². The smallest absolute Gasteiger partial charge is 0.360 e. The summed E-state index contributed by atoms with van der Waals surface area (Å²) in [7, 11) is 0. The van der Waals surface area contributed by atoms with Crippen molar-refractivity contribution in [1.29, 1.82) is 0 Å². The largest absolute Gasteiger partial charge is 0.448 e. The molecule has 2 atom stereocenters. The van der Waals surface area contributed by atoms with Crippen LogP contribution >= 0.6 is 0 Å². The maximum Gasteiger partial charge on any atom is 0.360 e. The number of carbonyl (C=O) groups excluding carboxylic acids is 2. The normalized spacial score (nSPS) is 12.9. The van der Waals surface area contributed by atoms with E-state index in [1.807, 2.05) is 37.3 Å². The number of amides is 1. The van der Waals surface area contributed by atoms with Gasteiger partial charge in [0.25, 0.3) is 11.5 Å². The minimum atomic E-state index is -0.991. The van der Waals surface area contributed by atoms with E-state index >= 15 is 0 Å². The maximum absolute atomic E-state index is 12.8. The molecule has 1 aromatic heterocycles. The van der Waals surface area contributed by atoms with Gasteiger partial charge in [-0.3, -0.25) is 9.59 Å². The van der Waals surface area contributed by atoms with Crippen LogP contribution in [-0.2, 0) is 22.5 Å². The number of hydrogen-bond acceptors (Lipinski definition) is 5. The average molecular weight is 421 g/mol. The Morgan fingerprint density at radius 1 is 1.03 bits per heavy atom. The van der Waals surface area contributed by atoms with E-state index in [1.54, 1.807) is 31.2 Å². The first-order valence-corrected chi connectivity index (χ1v) is 10.5. The van der Waals surface area contributed by atoms with Crippen molar-refractivity contribution in [2.75, 3.05) is 0 Å². The third-order valence-electron chi connectivity index (χ3n) is 5.11. The summed E-state index contributed by atoms with van der Waals surface area (Å²) >= 11 is 0. The highest BCUT2D eigenvalue weighted by atomic mass is 16.5. The second-order valence-corrected chi connectivity index (χ2v) is 7.50. The van der Waals surface area contributed by atoms with Crippen molar-refractivity contribution in [3.05, 3.63) is 76.2 Å². The van der Waals surface area contributed by atoms with E-state index in [4.69, 9.17) is 4.74 Å². The van der Waals surface area contributed by atoms with Gasteiger partial charge in [0.05, 0.1) is 5.39 Å². The third kappa shape index (κ3) is 5.36. The van der Waals surface area contributed by atoms with E-state index in [0.717, 1.165) is 12.8 Å². The average Bonchev–Trinajstić information content (AvgIpc) is 2.78.